The number of hydrogen-bond donors (Lipinski definition) is 1. The van der Waals surface area contributed by atoms with Crippen molar-refractivity contribution in [3.8, 4) is 0 Å². The van der Waals surface area contributed by atoms with Crippen LogP contribution in [-0.2, 0) is 0 Å². The van der Waals surface area contributed by atoms with Gasteiger partial charge in [-0.25, -0.2) is 4.39 Å². The van der Waals surface area contributed by atoms with E-state index in [2.05, 4.69) is 38.2 Å². The fourth-order valence-corrected chi connectivity index (χ4v) is 3.02. The van der Waals surface area contributed by atoms with Gasteiger partial charge in [-0.1, -0.05) is 35.4 Å². The molecule has 2 rings (SSSR count). The highest BCUT2D eigenvalue weighted by Crippen LogP contribution is 2.31. The average Bonchev–Trinajstić information content (AvgIpc) is 2.32. The molecule has 0 saturated carbocycles. The fraction of sp³-hybridized carbons (Fsp3) is 0.294. The smallest absolute Gasteiger partial charge is 0.147 e. The molecule has 0 fully saturated rings. The molecule has 0 aliphatic rings. The van der Waals surface area contributed by atoms with Crippen molar-refractivity contribution in [2.75, 3.05) is 5.32 Å². The Kier molecular flexibility index (Phi) is 4.34. The lowest BCUT2D eigenvalue weighted by Gasteiger charge is -2.21. The summed E-state index contributed by atoms with van der Waals surface area (Å²) in [6, 6.07) is 8.98. The van der Waals surface area contributed by atoms with Crippen LogP contribution in [0.5, 0.6) is 0 Å². The Morgan fingerprint density at radius 1 is 1.10 bits per heavy atom. The van der Waals surface area contributed by atoms with Crippen LogP contribution in [0.2, 0.25) is 5.02 Å². The van der Waals surface area contributed by atoms with Crippen LogP contribution in [0.1, 0.15) is 35.2 Å². The molecule has 20 heavy (non-hydrogen) atoms. The van der Waals surface area contributed by atoms with Gasteiger partial charge in [0.25, 0.3) is 0 Å². The number of benzene rings is 2. The number of anilines is 1. The second-order valence-corrected chi connectivity index (χ2v) is 5.68. The number of halogens is 2. The van der Waals surface area contributed by atoms with Gasteiger partial charge in [0.15, 0.2) is 0 Å². The van der Waals surface area contributed by atoms with Crippen LogP contribution in [0.25, 0.3) is 0 Å². The molecule has 0 aromatic heterocycles. The minimum Gasteiger partial charge on any atom is -0.375 e. The van der Waals surface area contributed by atoms with Gasteiger partial charge < -0.3 is 5.32 Å². The van der Waals surface area contributed by atoms with Crippen LogP contribution in [-0.4, -0.2) is 0 Å². The highest BCUT2D eigenvalue weighted by Gasteiger charge is 2.15. The lowest BCUT2D eigenvalue weighted by atomic mass is 9.95. The zero-order valence-electron chi connectivity index (χ0n) is 12.2. The Hall–Kier alpha value is -1.54. The van der Waals surface area contributed by atoms with E-state index in [1.165, 1.54) is 28.3 Å². The Morgan fingerprint density at radius 2 is 1.70 bits per heavy atom. The van der Waals surface area contributed by atoms with Gasteiger partial charge in [-0.05, 0) is 56.5 Å². The van der Waals surface area contributed by atoms with E-state index >= 15 is 0 Å². The monoisotopic (exact) mass is 291 g/mol. The normalized spacial score (nSPS) is 12.3. The molecule has 2 aromatic carbocycles. The third kappa shape index (κ3) is 2.96. The second-order valence-electron chi connectivity index (χ2n) is 5.28. The van der Waals surface area contributed by atoms with Crippen LogP contribution in [0, 0.1) is 26.6 Å². The zero-order chi connectivity index (χ0) is 14.9. The Balaban J connectivity index is 2.36. The summed E-state index contributed by atoms with van der Waals surface area (Å²) in [4.78, 5) is 0. The van der Waals surface area contributed by atoms with E-state index in [-0.39, 0.29) is 11.9 Å². The molecule has 0 spiro atoms. The summed E-state index contributed by atoms with van der Waals surface area (Å²) in [6.07, 6.45) is 0. The van der Waals surface area contributed by atoms with Gasteiger partial charge in [-0.2, -0.15) is 0 Å². The Labute approximate surface area is 124 Å². The number of nitrogens with one attached hydrogen (secondary N) is 1. The molecule has 1 atom stereocenters. The maximum Gasteiger partial charge on any atom is 0.147 e. The van der Waals surface area contributed by atoms with Crippen LogP contribution in [0.4, 0.5) is 10.1 Å². The number of hydrogen-bond acceptors (Lipinski definition) is 1. The predicted octanol–water partition coefficient (Wildman–Crippen LogP) is 5.58. The minimum atomic E-state index is -0.327. The first kappa shape index (κ1) is 14.9. The molecular weight excluding hydrogens is 273 g/mol. The molecule has 0 saturated heterocycles. The largest absolute Gasteiger partial charge is 0.375 e. The van der Waals surface area contributed by atoms with E-state index in [1.54, 1.807) is 12.1 Å². The molecule has 0 amide bonds. The number of aryl methyl sites for hydroxylation is 3. The van der Waals surface area contributed by atoms with Crippen LogP contribution in [0.3, 0.4) is 0 Å². The van der Waals surface area contributed by atoms with Crippen molar-refractivity contribution in [1.29, 1.82) is 0 Å². The maximum atomic E-state index is 13.8. The molecule has 3 heteroatoms. The molecule has 0 aliphatic heterocycles. The first-order valence-electron chi connectivity index (χ1n) is 6.68. The van der Waals surface area contributed by atoms with Gasteiger partial charge in [0.1, 0.15) is 5.82 Å². The quantitative estimate of drug-likeness (QED) is 0.778. The number of rotatable bonds is 3. The molecule has 1 N–H and O–H groups in total. The molecule has 2 aromatic rings. The predicted molar refractivity (Wildman–Crippen MR) is 84.1 cm³/mol. The number of para-hydroxylation sites is 1. The lowest BCUT2D eigenvalue weighted by molar-refractivity contribution is 0.627. The molecule has 0 bridgehead atoms. The average molecular weight is 292 g/mol. The molecule has 0 heterocycles. The zero-order valence-corrected chi connectivity index (χ0v) is 13.0. The summed E-state index contributed by atoms with van der Waals surface area (Å²) in [5.74, 6) is -0.327. The maximum absolute atomic E-state index is 13.8. The third-order valence-corrected chi connectivity index (χ3v) is 3.81. The van der Waals surface area contributed by atoms with Crippen molar-refractivity contribution in [1.82, 2.24) is 0 Å². The Morgan fingerprint density at radius 3 is 2.25 bits per heavy atom. The van der Waals surface area contributed by atoms with E-state index in [1.807, 2.05) is 6.92 Å². The van der Waals surface area contributed by atoms with Gasteiger partial charge in [0, 0.05) is 6.04 Å². The molecule has 0 aliphatic carbocycles. The van der Waals surface area contributed by atoms with E-state index in [0.29, 0.717) is 10.7 Å². The molecule has 106 valence electrons. The molecular formula is C17H19ClFN. The summed E-state index contributed by atoms with van der Waals surface area (Å²) in [7, 11) is 0. The minimum absolute atomic E-state index is 0.00926. The van der Waals surface area contributed by atoms with Crippen LogP contribution < -0.4 is 5.32 Å². The van der Waals surface area contributed by atoms with Crippen molar-refractivity contribution in [2.24, 2.45) is 0 Å². The Bertz CT molecular complexity index is 594. The van der Waals surface area contributed by atoms with Gasteiger partial charge >= 0.3 is 0 Å². The van der Waals surface area contributed by atoms with Crippen molar-refractivity contribution < 1.29 is 4.39 Å². The highest BCUT2D eigenvalue weighted by molar-refractivity contribution is 6.33. The van der Waals surface area contributed by atoms with Crippen molar-refractivity contribution in [2.45, 2.75) is 33.7 Å². The summed E-state index contributed by atoms with van der Waals surface area (Å²) >= 11 is 6.06. The van der Waals surface area contributed by atoms with Gasteiger partial charge in [0.2, 0.25) is 0 Å². The third-order valence-electron chi connectivity index (χ3n) is 3.49. The van der Waals surface area contributed by atoms with Crippen molar-refractivity contribution in [3.05, 3.63) is 63.4 Å². The van der Waals surface area contributed by atoms with Gasteiger partial charge in [0.05, 0.1) is 10.7 Å². The molecule has 1 unspecified atom stereocenters. The van der Waals surface area contributed by atoms with Gasteiger partial charge in [-0.15, -0.1) is 0 Å². The van der Waals surface area contributed by atoms with E-state index in [9.17, 15) is 4.39 Å². The van der Waals surface area contributed by atoms with E-state index in [0.717, 1.165) is 0 Å². The highest BCUT2D eigenvalue weighted by atomic mass is 35.5. The summed E-state index contributed by atoms with van der Waals surface area (Å²) in [5.41, 5.74) is 5.20. The molecule has 1 nitrogen and oxygen atoms in total. The fourth-order valence-electron chi connectivity index (χ4n) is 2.80. The van der Waals surface area contributed by atoms with E-state index in [4.69, 9.17) is 11.6 Å². The first-order chi connectivity index (χ1) is 9.40. The second kappa shape index (κ2) is 5.84. The van der Waals surface area contributed by atoms with Gasteiger partial charge in [-0.3, -0.25) is 0 Å². The SMILES string of the molecule is Cc1cc(C)c(C(C)Nc2c(F)cccc2Cl)c(C)c1. The van der Waals surface area contributed by atoms with Crippen molar-refractivity contribution in [3.63, 3.8) is 0 Å². The first-order valence-corrected chi connectivity index (χ1v) is 7.06. The van der Waals surface area contributed by atoms with E-state index < -0.39 is 0 Å². The van der Waals surface area contributed by atoms with Crippen molar-refractivity contribution >= 4 is 17.3 Å². The summed E-state index contributed by atoms with van der Waals surface area (Å²) in [5, 5.41) is 3.59. The topological polar surface area (TPSA) is 12.0 Å². The summed E-state index contributed by atoms with van der Waals surface area (Å²) in [6.45, 7) is 8.26. The lowest BCUT2D eigenvalue weighted by Crippen LogP contribution is -2.11. The van der Waals surface area contributed by atoms with Crippen LogP contribution in [0.15, 0.2) is 30.3 Å². The summed E-state index contributed by atoms with van der Waals surface area (Å²) < 4.78 is 13.8. The standard InChI is InChI=1S/C17H19ClFN/c1-10-8-11(2)16(12(3)9-10)13(4)20-17-14(18)6-5-7-15(17)19/h5-9,13,20H,1-4H3. The molecule has 0 radical (unpaired) electrons. The van der Waals surface area contributed by atoms with Crippen LogP contribution >= 0.6 is 11.6 Å².